The van der Waals surface area contributed by atoms with Crippen LogP contribution in [-0.4, -0.2) is 66.2 Å². The minimum atomic E-state index is -3.23. The van der Waals surface area contributed by atoms with Crippen molar-refractivity contribution in [3.05, 3.63) is 12.2 Å². The summed E-state index contributed by atoms with van der Waals surface area (Å²) in [5, 5.41) is 7.93. The van der Waals surface area contributed by atoms with Crippen LogP contribution in [0.1, 0.15) is 18.7 Å². The van der Waals surface area contributed by atoms with Gasteiger partial charge in [0.15, 0.2) is 0 Å². The number of likely N-dealkylation sites (tertiary alicyclic amines) is 1. The number of rotatable bonds is 6. The molecular formula is C13H23N5O3S. The fraction of sp³-hybridized carbons (Fsp3) is 0.846. The van der Waals surface area contributed by atoms with Crippen molar-refractivity contribution < 1.29 is 13.2 Å². The molecule has 1 aromatic rings. The fourth-order valence-electron chi connectivity index (χ4n) is 3.05. The Morgan fingerprint density at radius 1 is 1.45 bits per heavy atom. The lowest BCUT2D eigenvalue weighted by atomic mass is 10.2. The van der Waals surface area contributed by atoms with Gasteiger partial charge in [0.25, 0.3) is 0 Å². The van der Waals surface area contributed by atoms with Gasteiger partial charge in [-0.1, -0.05) is 0 Å². The molecule has 2 fully saturated rings. The molecule has 9 heteroatoms. The van der Waals surface area contributed by atoms with E-state index in [4.69, 9.17) is 4.74 Å². The SMILES string of the molecule is Cn1cnnc1CN1CCC(NS(=O)(=O)CC2CCOC2)C1. The van der Waals surface area contributed by atoms with E-state index in [1.807, 2.05) is 11.6 Å². The first-order chi connectivity index (χ1) is 10.5. The zero-order valence-corrected chi connectivity index (χ0v) is 13.6. The van der Waals surface area contributed by atoms with Crippen LogP contribution in [0.2, 0.25) is 0 Å². The average molecular weight is 329 g/mol. The molecule has 2 unspecified atom stereocenters. The third kappa shape index (κ3) is 4.03. The molecule has 0 spiro atoms. The van der Waals surface area contributed by atoms with Crippen molar-refractivity contribution in [3.63, 3.8) is 0 Å². The second-order valence-electron chi connectivity index (χ2n) is 6.21. The van der Waals surface area contributed by atoms with Gasteiger partial charge in [0, 0.05) is 32.8 Å². The van der Waals surface area contributed by atoms with Gasteiger partial charge in [-0.2, -0.15) is 0 Å². The Morgan fingerprint density at radius 3 is 3.00 bits per heavy atom. The number of hydrogen-bond acceptors (Lipinski definition) is 6. The predicted octanol–water partition coefficient (Wildman–Crippen LogP) is -0.655. The van der Waals surface area contributed by atoms with Crippen molar-refractivity contribution in [1.82, 2.24) is 24.4 Å². The summed E-state index contributed by atoms with van der Waals surface area (Å²) in [5.41, 5.74) is 0. The standard InChI is InChI=1S/C13H23N5O3S/c1-17-10-14-15-13(17)7-18-4-2-12(6-18)16-22(19,20)9-11-3-5-21-8-11/h10-12,16H,2-9H2,1H3. The molecular weight excluding hydrogens is 306 g/mol. The lowest BCUT2D eigenvalue weighted by Crippen LogP contribution is -2.39. The highest BCUT2D eigenvalue weighted by atomic mass is 32.2. The molecule has 1 aromatic heterocycles. The van der Waals surface area contributed by atoms with Gasteiger partial charge in [0.2, 0.25) is 10.0 Å². The minimum Gasteiger partial charge on any atom is -0.381 e. The van der Waals surface area contributed by atoms with Gasteiger partial charge in [-0.05, 0) is 18.8 Å². The lowest BCUT2D eigenvalue weighted by molar-refractivity contribution is 0.188. The Bertz CT molecular complexity index is 597. The summed E-state index contributed by atoms with van der Waals surface area (Å²) in [6.45, 7) is 3.52. The number of aromatic nitrogens is 3. The third-order valence-electron chi connectivity index (χ3n) is 4.27. The van der Waals surface area contributed by atoms with Crippen LogP contribution in [0.25, 0.3) is 0 Å². The molecule has 0 radical (unpaired) electrons. The van der Waals surface area contributed by atoms with Crippen LogP contribution in [-0.2, 0) is 28.4 Å². The van der Waals surface area contributed by atoms with Gasteiger partial charge in [0.1, 0.15) is 12.2 Å². The number of hydrogen-bond donors (Lipinski definition) is 1. The molecule has 3 rings (SSSR count). The number of nitrogens with one attached hydrogen (secondary N) is 1. The molecule has 22 heavy (non-hydrogen) atoms. The van der Waals surface area contributed by atoms with Gasteiger partial charge in [-0.25, -0.2) is 13.1 Å². The summed E-state index contributed by atoms with van der Waals surface area (Å²) < 4.78 is 34.4. The minimum absolute atomic E-state index is 0.0134. The smallest absolute Gasteiger partial charge is 0.212 e. The molecule has 0 saturated carbocycles. The molecule has 2 saturated heterocycles. The summed E-state index contributed by atoms with van der Waals surface area (Å²) in [5.74, 6) is 1.20. The van der Waals surface area contributed by atoms with Crippen molar-refractivity contribution in [2.45, 2.75) is 25.4 Å². The van der Waals surface area contributed by atoms with E-state index in [-0.39, 0.29) is 17.7 Å². The van der Waals surface area contributed by atoms with E-state index >= 15 is 0 Å². The second-order valence-corrected chi connectivity index (χ2v) is 8.01. The van der Waals surface area contributed by atoms with Crippen molar-refractivity contribution in [1.29, 1.82) is 0 Å². The topological polar surface area (TPSA) is 89.4 Å². The molecule has 0 aromatic carbocycles. The number of ether oxygens (including phenoxy) is 1. The predicted molar refractivity (Wildman–Crippen MR) is 80.5 cm³/mol. The molecule has 0 bridgehead atoms. The zero-order valence-electron chi connectivity index (χ0n) is 12.8. The van der Waals surface area contributed by atoms with E-state index in [2.05, 4.69) is 19.8 Å². The van der Waals surface area contributed by atoms with E-state index in [0.29, 0.717) is 26.3 Å². The van der Waals surface area contributed by atoms with Crippen LogP contribution < -0.4 is 4.72 Å². The number of aryl methyl sites for hydroxylation is 1. The van der Waals surface area contributed by atoms with Crippen LogP contribution in [0.5, 0.6) is 0 Å². The van der Waals surface area contributed by atoms with Crippen molar-refractivity contribution in [2.75, 3.05) is 32.1 Å². The van der Waals surface area contributed by atoms with E-state index in [1.165, 1.54) is 0 Å². The molecule has 2 aliphatic rings. The van der Waals surface area contributed by atoms with E-state index < -0.39 is 10.0 Å². The molecule has 124 valence electrons. The van der Waals surface area contributed by atoms with Crippen LogP contribution in [0.15, 0.2) is 6.33 Å². The number of sulfonamides is 1. The van der Waals surface area contributed by atoms with E-state index in [0.717, 1.165) is 25.2 Å². The summed E-state index contributed by atoms with van der Waals surface area (Å²) in [7, 11) is -1.32. The summed E-state index contributed by atoms with van der Waals surface area (Å²) in [6.07, 6.45) is 3.34. The van der Waals surface area contributed by atoms with Crippen molar-refractivity contribution in [3.8, 4) is 0 Å². The molecule has 1 N–H and O–H groups in total. The maximum absolute atomic E-state index is 12.2. The molecule has 2 atom stereocenters. The highest BCUT2D eigenvalue weighted by Gasteiger charge is 2.29. The van der Waals surface area contributed by atoms with Crippen LogP contribution in [0.3, 0.4) is 0 Å². The van der Waals surface area contributed by atoms with Crippen molar-refractivity contribution >= 4 is 10.0 Å². The van der Waals surface area contributed by atoms with Gasteiger partial charge in [-0.15, -0.1) is 10.2 Å². The Balaban J connectivity index is 1.49. The molecule has 3 heterocycles. The highest BCUT2D eigenvalue weighted by molar-refractivity contribution is 7.89. The maximum Gasteiger partial charge on any atom is 0.212 e. The quantitative estimate of drug-likeness (QED) is 0.746. The van der Waals surface area contributed by atoms with E-state index in [9.17, 15) is 8.42 Å². The monoisotopic (exact) mass is 329 g/mol. The Morgan fingerprint density at radius 2 is 2.32 bits per heavy atom. The molecule has 8 nitrogen and oxygen atoms in total. The highest BCUT2D eigenvalue weighted by Crippen LogP contribution is 2.17. The normalized spacial score (nSPS) is 26.8. The van der Waals surface area contributed by atoms with Crippen LogP contribution >= 0.6 is 0 Å². The Hall–Kier alpha value is -1.03. The zero-order chi connectivity index (χ0) is 15.6. The number of nitrogens with zero attached hydrogens (tertiary/aromatic N) is 4. The van der Waals surface area contributed by atoms with Gasteiger partial charge >= 0.3 is 0 Å². The first kappa shape index (κ1) is 15.9. The van der Waals surface area contributed by atoms with Crippen molar-refractivity contribution in [2.24, 2.45) is 13.0 Å². The largest absolute Gasteiger partial charge is 0.381 e. The molecule has 2 aliphatic heterocycles. The first-order valence-corrected chi connectivity index (χ1v) is 9.30. The third-order valence-corrected chi connectivity index (χ3v) is 5.87. The average Bonchev–Trinajstić information content (AvgIpc) is 3.15. The summed E-state index contributed by atoms with van der Waals surface area (Å²) >= 11 is 0. The second kappa shape index (κ2) is 6.61. The lowest BCUT2D eigenvalue weighted by Gasteiger charge is -2.17. The Labute approximate surface area is 130 Å². The van der Waals surface area contributed by atoms with Gasteiger partial charge in [0.05, 0.1) is 18.9 Å². The van der Waals surface area contributed by atoms with Crippen LogP contribution in [0, 0.1) is 5.92 Å². The van der Waals surface area contributed by atoms with Gasteiger partial charge in [-0.3, -0.25) is 4.90 Å². The summed E-state index contributed by atoms with van der Waals surface area (Å²) in [4.78, 5) is 2.20. The first-order valence-electron chi connectivity index (χ1n) is 7.65. The molecule has 0 aliphatic carbocycles. The Kier molecular flexibility index (Phi) is 4.76. The summed E-state index contributed by atoms with van der Waals surface area (Å²) in [6, 6.07) is -0.0134. The fourth-order valence-corrected chi connectivity index (χ4v) is 4.73. The van der Waals surface area contributed by atoms with Crippen LogP contribution in [0.4, 0.5) is 0 Å². The maximum atomic E-state index is 12.2. The molecule has 0 amide bonds. The van der Waals surface area contributed by atoms with Gasteiger partial charge < -0.3 is 9.30 Å². The van der Waals surface area contributed by atoms with E-state index in [1.54, 1.807) is 6.33 Å².